The van der Waals surface area contributed by atoms with E-state index in [4.69, 9.17) is 0 Å². The molecule has 1 atom stereocenters. The molecule has 1 aliphatic rings. The first-order chi connectivity index (χ1) is 7.92. The first-order valence-corrected chi connectivity index (χ1v) is 6.45. The van der Waals surface area contributed by atoms with Crippen molar-refractivity contribution in [3.8, 4) is 0 Å². The molecule has 1 aromatic rings. The van der Waals surface area contributed by atoms with Crippen molar-refractivity contribution < 1.29 is 5.11 Å². The van der Waals surface area contributed by atoms with E-state index in [9.17, 15) is 5.11 Å². The van der Waals surface area contributed by atoms with E-state index in [1.165, 1.54) is 0 Å². The molecule has 0 aliphatic carbocycles. The Hall–Kier alpha value is -0.860. The zero-order valence-corrected chi connectivity index (χ0v) is 11.1. The zero-order chi connectivity index (χ0) is 12.5. The second-order valence-corrected chi connectivity index (χ2v) is 6.09. The van der Waals surface area contributed by atoms with Crippen LogP contribution < -0.4 is 0 Å². The van der Waals surface area contributed by atoms with Crippen molar-refractivity contribution in [3.63, 3.8) is 0 Å². The van der Waals surface area contributed by atoms with Crippen LogP contribution in [0.4, 0.5) is 0 Å². The fraction of sp³-hybridized carbons (Fsp3) is 0.600. The number of hydrogen-bond acceptors (Lipinski definition) is 2. The lowest BCUT2D eigenvalue weighted by Gasteiger charge is -2.45. The number of aliphatic hydroxyl groups is 1. The maximum Gasteiger partial charge on any atom is 0.102 e. The van der Waals surface area contributed by atoms with Gasteiger partial charge in [0.25, 0.3) is 0 Å². The fourth-order valence-electron chi connectivity index (χ4n) is 2.59. The van der Waals surface area contributed by atoms with Crippen LogP contribution in [0.15, 0.2) is 30.3 Å². The number of rotatable bonds is 1. The van der Waals surface area contributed by atoms with E-state index in [1.807, 2.05) is 30.3 Å². The van der Waals surface area contributed by atoms with Crippen molar-refractivity contribution in [2.45, 2.75) is 44.8 Å². The van der Waals surface area contributed by atoms with Gasteiger partial charge in [0.1, 0.15) is 5.60 Å². The molecular formula is C15H23NO. The van der Waals surface area contributed by atoms with Crippen molar-refractivity contribution in [1.82, 2.24) is 4.90 Å². The van der Waals surface area contributed by atoms with Crippen molar-refractivity contribution >= 4 is 0 Å². The number of nitrogens with zero attached hydrogens (tertiary/aromatic N) is 1. The summed E-state index contributed by atoms with van der Waals surface area (Å²) in [5, 5.41) is 10.8. The summed E-state index contributed by atoms with van der Waals surface area (Å²) in [6.45, 7) is 8.45. The second-order valence-electron chi connectivity index (χ2n) is 6.09. The first kappa shape index (κ1) is 12.6. The maximum absolute atomic E-state index is 10.8. The van der Waals surface area contributed by atoms with Gasteiger partial charge in [0, 0.05) is 12.1 Å². The molecule has 1 saturated heterocycles. The smallest absolute Gasteiger partial charge is 0.102 e. The minimum absolute atomic E-state index is 0.128. The fourth-order valence-corrected chi connectivity index (χ4v) is 2.59. The summed E-state index contributed by atoms with van der Waals surface area (Å²) in [4.78, 5) is 2.38. The minimum atomic E-state index is -0.674. The van der Waals surface area contributed by atoms with E-state index < -0.39 is 5.60 Å². The van der Waals surface area contributed by atoms with Gasteiger partial charge in [0.2, 0.25) is 0 Å². The molecule has 2 nitrogen and oxygen atoms in total. The van der Waals surface area contributed by atoms with Gasteiger partial charge in [0.05, 0.1) is 0 Å². The van der Waals surface area contributed by atoms with E-state index in [0.717, 1.165) is 31.5 Å². The molecule has 0 radical (unpaired) electrons. The van der Waals surface area contributed by atoms with E-state index in [-0.39, 0.29) is 5.54 Å². The van der Waals surface area contributed by atoms with Crippen LogP contribution >= 0.6 is 0 Å². The summed E-state index contributed by atoms with van der Waals surface area (Å²) < 4.78 is 0. The average molecular weight is 233 g/mol. The van der Waals surface area contributed by atoms with Crippen molar-refractivity contribution in [2.75, 3.05) is 13.1 Å². The first-order valence-electron chi connectivity index (χ1n) is 6.45. The highest BCUT2D eigenvalue weighted by molar-refractivity contribution is 5.23. The molecule has 0 saturated carbocycles. The molecule has 1 N–H and O–H groups in total. The lowest BCUT2D eigenvalue weighted by molar-refractivity contribution is -0.0619. The Kier molecular flexibility index (Phi) is 3.28. The van der Waals surface area contributed by atoms with E-state index in [1.54, 1.807) is 0 Å². The van der Waals surface area contributed by atoms with Crippen LogP contribution in [0.3, 0.4) is 0 Å². The highest BCUT2D eigenvalue weighted by Gasteiger charge is 2.38. The highest BCUT2D eigenvalue weighted by Crippen LogP contribution is 2.34. The largest absolute Gasteiger partial charge is 0.384 e. The van der Waals surface area contributed by atoms with Gasteiger partial charge in [-0.15, -0.1) is 0 Å². The Morgan fingerprint density at radius 1 is 1.18 bits per heavy atom. The van der Waals surface area contributed by atoms with Crippen molar-refractivity contribution in [3.05, 3.63) is 35.9 Å². The summed E-state index contributed by atoms with van der Waals surface area (Å²) in [5.74, 6) is 0. The molecule has 1 unspecified atom stereocenters. The normalized spacial score (nSPS) is 27.1. The molecule has 1 fully saturated rings. The predicted molar refractivity (Wildman–Crippen MR) is 70.9 cm³/mol. The van der Waals surface area contributed by atoms with Gasteiger partial charge >= 0.3 is 0 Å². The zero-order valence-electron chi connectivity index (χ0n) is 11.1. The van der Waals surface area contributed by atoms with Gasteiger partial charge in [-0.1, -0.05) is 30.3 Å². The average Bonchev–Trinajstić information content (AvgIpc) is 2.29. The highest BCUT2D eigenvalue weighted by atomic mass is 16.3. The summed E-state index contributed by atoms with van der Waals surface area (Å²) in [7, 11) is 0. The molecule has 1 heterocycles. The number of hydrogen-bond donors (Lipinski definition) is 1. The lowest BCUT2D eigenvalue weighted by Crippen LogP contribution is -2.53. The van der Waals surface area contributed by atoms with Gasteiger partial charge in [-0.05, 0) is 45.7 Å². The molecule has 2 rings (SSSR count). The molecule has 17 heavy (non-hydrogen) atoms. The molecule has 0 bridgehead atoms. The Labute approximate surface area is 104 Å². The van der Waals surface area contributed by atoms with Gasteiger partial charge in [0.15, 0.2) is 0 Å². The summed E-state index contributed by atoms with van der Waals surface area (Å²) >= 11 is 0. The van der Waals surface area contributed by atoms with Gasteiger partial charge in [-0.2, -0.15) is 0 Å². The van der Waals surface area contributed by atoms with E-state index >= 15 is 0 Å². The third kappa shape index (κ3) is 2.70. The molecule has 1 aromatic carbocycles. The molecule has 0 spiro atoms. The summed E-state index contributed by atoms with van der Waals surface area (Å²) in [6, 6.07) is 10.1. The molecule has 0 aromatic heterocycles. The minimum Gasteiger partial charge on any atom is -0.384 e. The van der Waals surface area contributed by atoms with Crippen molar-refractivity contribution in [2.24, 2.45) is 0 Å². The summed E-state index contributed by atoms with van der Waals surface area (Å²) in [5.41, 5.74) is 0.504. The standard InChI is InChI=1S/C15H23NO/c1-14(2,3)16-11-7-10-15(17,12-16)13-8-5-4-6-9-13/h4-6,8-9,17H,7,10-12H2,1-3H3. The van der Waals surface area contributed by atoms with Crippen LogP contribution in [0.1, 0.15) is 39.2 Å². The quantitative estimate of drug-likeness (QED) is 0.806. The Bertz CT molecular complexity index is 368. The number of piperidine rings is 1. The van der Waals surface area contributed by atoms with E-state index in [0.29, 0.717) is 0 Å². The van der Waals surface area contributed by atoms with E-state index in [2.05, 4.69) is 25.7 Å². The maximum atomic E-state index is 10.8. The second kappa shape index (κ2) is 4.43. The number of β-amino-alcohol motifs (C(OH)–C–C–N with tert-alkyl or cyclic N) is 1. The molecule has 0 amide bonds. The molecule has 94 valence electrons. The van der Waals surface area contributed by atoms with Crippen LogP contribution in [-0.4, -0.2) is 28.6 Å². The monoisotopic (exact) mass is 233 g/mol. The van der Waals surface area contributed by atoms with Gasteiger partial charge < -0.3 is 5.11 Å². The molecular weight excluding hydrogens is 210 g/mol. The number of likely N-dealkylation sites (tertiary alicyclic amines) is 1. The predicted octanol–water partition coefficient (Wildman–Crippen LogP) is 2.77. The Morgan fingerprint density at radius 3 is 2.41 bits per heavy atom. The lowest BCUT2D eigenvalue weighted by atomic mass is 9.84. The number of benzene rings is 1. The summed E-state index contributed by atoms with van der Waals surface area (Å²) in [6.07, 6.45) is 1.92. The van der Waals surface area contributed by atoms with Crippen LogP contribution in [0.2, 0.25) is 0 Å². The third-order valence-electron chi connectivity index (χ3n) is 3.73. The molecule has 2 heteroatoms. The topological polar surface area (TPSA) is 23.5 Å². The Morgan fingerprint density at radius 2 is 1.82 bits per heavy atom. The van der Waals surface area contributed by atoms with Crippen LogP contribution in [0, 0.1) is 0 Å². The van der Waals surface area contributed by atoms with Crippen LogP contribution in [-0.2, 0) is 5.60 Å². The van der Waals surface area contributed by atoms with Crippen LogP contribution in [0.5, 0.6) is 0 Å². The third-order valence-corrected chi connectivity index (χ3v) is 3.73. The van der Waals surface area contributed by atoms with Gasteiger partial charge in [-0.3, -0.25) is 4.90 Å². The molecule has 1 aliphatic heterocycles. The SMILES string of the molecule is CC(C)(C)N1CCCC(O)(c2ccccc2)C1. The van der Waals surface area contributed by atoms with Crippen molar-refractivity contribution in [1.29, 1.82) is 0 Å². The Balaban J connectivity index is 2.21. The van der Waals surface area contributed by atoms with Crippen LogP contribution in [0.25, 0.3) is 0 Å². The van der Waals surface area contributed by atoms with Gasteiger partial charge in [-0.25, -0.2) is 0 Å².